The number of fused-ring (bicyclic) bond motifs is 3. The highest BCUT2D eigenvalue weighted by atomic mass is 14.3. The summed E-state index contributed by atoms with van der Waals surface area (Å²) in [5.41, 5.74) is 8.53. The summed E-state index contributed by atoms with van der Waals surface area (Å²) in [6, 6.07) is 39.5. The molecular weight excluding hydrogens is 362 g/mol. The van der Waals surface area contributed by atoms with Crippen molar-refractivity contribution in [2.45, 2.75) is 12.3 Å². The molecule has 0 aromatic heterocycles. The summed E-state index contributed by atoms with van der Waals surface area (Å²) in [6.45, 7) is 3.87. The molecule has 1 aliphatic rings. The Kier molecular flexibility index (Phi) is 5.88. The van der Waals surface area contributed by atoms with Gasteiger partial charge in [-0.15, -0.1) is 0 Å². The molecule has 0 fully saturated rings. The molecule has 1 nitrogen and oxygen atoms in total. The predicted octanol–water partition coefficient (Wildman–Crippen LogP) is 7.16. The monoisotopic (exact) mass is 385 g/mol. The van der Waals surface area contributed by atoms with Crippen LogP contribution < -0.4 is 0 Å². The molecule has 0 radical (unpaired) electrons. The molecule has 4 aromatic rings. The van der Waals surface area contributed by atoms with E-state index in [1.165, 1.54) is 22.3 Å². The van der Waals surface area contributed by atoms with Crippen LogP contribution in [0.4, 0.5) is 0 Å². The Morgan fingerprint density at radius 1 is 0.633 bits per heavy atom. The molecule has 0 atom stereocenters. The zero-order chi connectivity index (χ0) is 20.8. The Morgan fingerprint density at radius 2 is 1.03 bits per heavy atom. The molecule has 0 N–H and O–H groups in total. The smallest absolute Gasteiger partial charge is 0.0951 e. The molecule has 30 heavy (non-hydrogen) atoms. The van der Waals surface area contributed by atoms with Crippen LogP contribution in [0.2, 0.25) is 0 Å². The van der Waals surface area contributed by atoms with Gasteiger partial charge in [-0.3, -0.25) is 0 Å². The number of nitrogens with zero attached hydrogens (tertiary/aromatic N) is 1. The Morgan fingerprint density at radius 3 is 1.47 bits per heavy atom. The van der Waals surface area contributed by atoms with E-state index in [0.29, 0.717) is 5.57 Å². The third kappa shape index (κ3) is 4.09. The SMILES string of the molecule is C=C(C#N)C(c1ccccc1)c1ccccc1.c1ccc2c(c1)Cc1ccccc1-2. The number of nitriles is 1. The molecule has 1 heteroatoms. The van der Waals surface area contributed by atoms with Gasteiger partial charge >= 0.3 is 0 Å². The van der Waals surface area contributed by atoms with Crippen molar-refractivity contribution in [3.63, 3.8) is 0 Å². The van der Waals surface area contributed by atoms with Crippen LogP contribution in [0.15, 0.2) is 121 Å². The van der Waals surface area contributed by atoms with Crippen LogP contribution in [-0.2, 0) is 6.42 Å². The third-order valence-corrected chi connectivity index (χ3v) is 5.46. The molecule has 0 aliphatic heterocycles. The highest BCUT2D eigenvalue weighted by Crippen LogP contribution is 2.35. The summed E-state index contributed by atoms with van der Waals surface area (Å²) >= 11 is 0. The lowest BCUT2D eigenvalue weighted by atomic mass is 9.86. The van der Waals surface area contributed by atoms with Crippen LogP contribution in [0.3, 0.4) is 0 Å². The molecule has 0 heterocycles. The molecule has 0 spiro atoms. The Labute approximate surface area is 178 Å². The summed E-state index contributed by atoms with van der Waals surface area (Å²) < 4.78 is 0. The van der Waals surface area contributed by atoms with Crippen LogP contribution in [0, 0.1) is 11.3 Å². The molecule has 0 amide bonds. The van der Waals surface area contributed by atoms with Crippen molar-refractivity contribution in [1.29, 1.82) is 5.26 Å². The molecule has 1 aliphatic carbocycles. The number of hydrogen-bond donors (Lipinski definition) is 0. The molecular formula is C29H23N. The first-order valence-corrected chi connectivity index (χ1v) is 10.1. The average molecular weight is 386 g/mol. The van der Waals surface area contributed by atoms with Gasteiger partial charge in [-0.05, 0) is 39.8 Å². The minimum Gasteiger partial charge on any atom is -0.193 e. The van der Waals surface area contributed by atoms with E-state index in [9.17, 15) is 0 Å². The summed E-state index contributed by atoms with van der Waals surface area (Å²) in [4.78, 5) is 0. The average Bonchev–Trinajstić information content (AvgIpc) is 3.20. The normalized spacial score (nSPS) is 10.9. The van der Waals surface area contributed by atoms with E-state index in [1.807, 2.05) is 60.7 Å². The first kappa shape index (κ1) is 19.4. The maximum atomic E-state index is 9.08. The van der Waals surface area contributed by atoms with E-state index >= 15 is 0 Å². The van der Waals surface area contributed by atoms with Crippen molar-refractivity contribution >= 4 is 0 Å². The van der Waals surface area contributed by atoms with Crippen LogP contribution in [0.5, 0.6) is 0 Å². The lowest BCUT2D eigenvalue weighted by molar-refractivity contribution is 0.986. The third-order valence-electron chi connectivity index (χ3n) is 5.46. The fourth-order valence-electron chi connectivity index (χ4n) is 4.03. The van der Waals surface area contributed by atoms with Gasteiger partial charge in [0.25, 0.3) is 0 Å². The van der Waals surface area contributed by atoms with Gasteiger partial charge in [0.2, 0.25) is 0 Å². The summed E-state index contributed by atoms with van der Waals surface area (Å²) in [5, 5.41) is 9.08. The summed E-state index contributed by atoms with van der Waals surface area (Å²) in [7, 11) is 0. The predicted molar refractivity (Wildman–Crippen MR) is 124 cm³/mol. The van der Waals surface area contributed by atoms with Gasteiger partial charge in [-0.25, -0.2) is 0 Å². The number of hydrogen-bond acceptors (Lipinski definition) is 1. The van der Waals surface area contributed by atoms with Crippen molar-refractivity contribution in [3.8, 4) is 17.2 Å². The fourth-order valence-corrected chi connectivity index (χ4v) is 4.03. The van der Waals surface area contributed by atoms with E-state index in [2.05, 4.69) is 61.2 Å². The number of rotatable bonds is 3. The van der Waals surface area contributed by atoms with Crippen LogP contribution in [0.1, 0.15) is 28.2 Å². The van der Waals surface area contributed by atoms with Crippen LogP contribution in [0.25, 0.3) is 11.1 Å². The number of allylic oxidation sites excluding steroid dienone is 1. The lowest BCUT2D eigenvalue weighted by Crippen LogP contribution is -2.02. The minimum atomic E-state index is -0.0394. The highest BCUT2D eigenvalue weighted by Gasteiger charge is 2.17. The largest absolute Gasteiger partial charge is 0.193 e. The molecule has 0 unspecified atom stereocenters. The van der Waals surface area contributed by atoms with Gasteiger partial charge in [0, 0.05) is 11.5 Å². The van der Waals surface area contributed by atoms with Crippen LogP contribution in [-0.4, -0.2) is 0 Å². The zero-order valence-corrected chi connectivity index (χ0v) is 16.8. The minimum absolute atomic E-state index is 0.0394. The molecule has 0 saturated heterocycles. The standard InChI is InChI=1S/C16H13N.C13H10/c1-13(12-17)16(14-8-4-2-5-9-14)15-10-6-3-7-11-15;1-3-7-12-10(5-1)9-11-6-2-4-8-13(11)12/h2-11,16H,1H2;1-8H,9H2. The quantitative estimate of drug-likeness (QED) is 0.302. The lowest BCUT2D eigenvalue weighted by Gasteiger charge is -2.16. The van der Waals surface area contributed by atoms with Crippen molar-refractivity contribution in [2.24, 2.45) is 0 Å². The molecule has 144 valence electrons. The Bertz CT molecular complexity index is 1100. The maximum Gasteiger partial charge on any atom is 0.0951 e. The Balaban J connectivity index is 0.000000150. The first-order valence-electron chi connectivity index (χ1n) is 10.1. The van der Waals surface area contributed by atoms with Crippen molar-refractivity contribution in [2.75, 3.05) is 0 Å². The first-order chi connectivity index (χ1) is 14.8. The van der Waals surface area contributed by atoms with Gasteiger partial charge in [0.05, 0.1) is 6.07 Å². The van der Waals surface area contributed by atoms with Gasteiger partial charge in [-0.1, -0.05) is 116 Å². The zero-order valence-electron chi connectivity index (χ0n) is 16.8. The summed E-state index contributed by atoms with van der Waals surface area (Å²) in [6.07, 6.45) is 1.10. The topological polar surface area (TPSA) is 23.8 Å². The van der Waals surface area contributed by atoms with Crippen LogP contribution >= 0.6 is 0 Å². The van der Waals surface area contributed by atoms with E-state index in [4.69, 9.17) is 5.26 Å². The maximum absolute atomic E-state index is 9.08. The van der Waals surface area contributed by atoms with Gasteiger partial charge < -0.3 is 0 Å². The molecule has 0 saturated carbocycles. The van der Waals surface area contributed by atoms with E-state index in [0.717, 1.165) is 17.5 Å². The second-order valence-electron chi connectivity index (χ2n) is 7.38. The second-order valence-corrected chi connectivity index (χ2v) is 7.38. The van der Waals surface area contributed by atoms with Gasteiger partial charge in [0.1, 0.15) is 0 Å². The second kappa shape index (κ2) is 9.07. The Hall–Kier alpha value is -3.89. The van der Waals surface area contributed by atoms with E-state index < -0.39 is 0 Å². The highest BCUT2D eigenvalue weighted by molar-refractivity contribution is 5.76. The van der Waals surface area contributed by atoms with E-state index in [1.54, 1.807) is 0 Å². The summed E-state index contributed by atoms with van der Waals surface area (Å²) in [5.74, 6) is -0.0394. The molecule has 4 aromatic carbocycles. The molecule has 0 bridgehead atoms. The van der Waals surface area contributed by atoms with Crippen molar-refractivity contribution < 1.29 is 0 Å². The van der Waals surface area contributed by atoms with E-state index in [-0.39, 0.29) is 5.92 Å². The van der Waals surface area contributed by atoms with Crippen molar-refractivity contribution in [3.05, 3.63) is 144 Å². The van der Waals surface area contributed by atoms with Crippen molar-refractivity contribution in [1.82, 2.24) is 0 Å². The van der Waals surface area contributed by atoms with Gasteiger partial charge in [0.15, 0.2) is 0 Å². The van der Waals surface area contributed by atoms with Gasteiger partial charge in [-0.2, -0.15) is 5.26 Å². The number of benzene rings is 4. The molecule has 5 rings (SSSR count). The fraction of sp³-hybridized carbons (Fsp3) is 0.0690.